The zero-order valence-corrected chi connectivity index (χ0v) is 16.8. The van der Waals surface area contributed by atoms with Gasteiger partial charge in [-0.15, -0.1) is 0 Å². The molecule has 5 heteroatoms. The quantitative estimate of drug-likeness (QED) is 0.758. The third-order valence-corrected chi connectivity index (χ3v) is 5.00. The fourth-order valence-corrected chi connectivity index (χ4v) is 3.41. The van der Waals surface area contributed by atoms with E-state index in [1.54, 1.807) is 0 Å². The van der Waals surface area contributed by atoms with Crippen molar-refractivity contribution in [1.29, 1.82) is 0 Å². The molecule has 1 fully saturated rings. The monoisotopic (exact) mass is 382 g/mol. The summed E-state index contributed by atoms with van der Waals surface area (Å²) in [4.78, 5) is 15.2. The Bertz CT molecular complexity index is 755. The number of carbonyl (C=O) groups excluding carboxylic acids is 1. The molecule has 28 heavy (non-hydrogen) atoms. The van der Waals surface area contributed by atoms with Crippen molar-refractivity contribution < 1.29 is 14.3 Å². The first-order valence-corrected chi connectivity index (χ1v) is 10.1. The van der Waals surface area contributed by atoms with Gasteiger partial charge in [-0.3, -0.25) is 9.69 Å². The molecule has 0 aromatic heterocycles. The highest BCUT2D eigenvalue weighted by Crippen LogP contribution is 2.23. The lowest BCUT2D eigenvalue weighted by atomic mass is 10.0. The molecule has 0 unspecified atom stereocenters. The average Bonchev–Trinajstić information content (AvgIpc) is 2.74. The number of aryl methyl sites for hydroxylation is 1. The Morgan fingerprint density at radius 3 is 2.57 bits per heavy atom. The Balaban J connectivity index is 1.72. The molecule has 1 saturated heterocycles. The van der Waals surface area contributed by atoms with Gasteiger partial charge in [-0.2, -0.15) is 0 Å². The van der Waals surface area contributed by atoms with Gasteiger partial charge >= 0.3 is 0 Å². The molecule has 0 radical (unpaired) electrons. The molecule has 2 aromatic carbocycles. The van der Waals surface area contributed by atoms with Gasteiger partial charge in [-0.05, 0) is 31.0 Å². The van der Waals surface area contributed by atoms with E-state index in [1.165, 1.54) is 11.1 Å². The molecule has 2 aromatic rings. The molecule has 0 aliphatic carbocycles. The number of para-hydroxylation sites is 1. The Kier molecular flexibility index (Phi) is 7.46. The van der Waals surface area contributed by atoms with Gasteiger partial charge in [0.15, 0.2) is 0 Å². The van der Waals surface area contributed by atoms with E-state index in [2.05, 4.69) is 48.3 Å². The van der Waals surface area contributed by atoms with Gasteiger partial charge in [0.25, 0.3) is 5.91 Å². The Morgan fingerprint density at radius 2 is 1.86 bits per heavy atom. The van der Waals surface area contributed by atoms with Crippen LogP contribution in [-0.4, -0.2) is 50.3 Å². The van der Waals surface area contributed by atoms with Crippen LogP contribution in [-0.2, 0) is 4.74 Å². The Labute approximate surface area is 167 Å². The molecule has 1 aliphatic rings. The van der Waals surface area contributed by atoms with Gasteiger partial charge in [0, 0.05) is 19.6 Å². The lowest BCUT2D eigenvalue weighted by Crippen LogP contribution is -2.43. The first kappa shape index (κ1) is 20.4. The summed E-state index contributed by atoms with van der Waals surface area (Å²) in [7, 11) is 0. The smallest absolute Gasteiger partial charge is 0.255 e. The maximum absolute atomic E-state index is 12.9. The van der Waals surface area contributed by atoms with E-state index >= 15 is 0 Å². The number of benzene rings is 2. The number of carbonyl (C=O) groups is 1. The molecule has 0 spiro atoms. The van der Waals surface area contributed by atoms with Crippen molar-refractivity contribution in [2.45, 2.75) is 26.3 Å². The van der Waals surface area contributed by atoms with Gasteiger partial charge < -0.3 is 14.8 Å². The summed E-state index contributed by atoms with van der Waals surface area (Å²) in [6.07, 6.45) is 0.905. The molecule has 150 valence electrons. The zero-order valence-electron chi connectivity index (χ0n) is 16.8. The van der Waals surface area contributed by atoms with Crippen molar-refractivity contribution >= 4 is 5.91 Å². The predicted octanol–water partition coefficient (Wildman–Crippen LogP) is 3.59. The van der Waals surface area contributed by atoms with E-state index in [0.717, 1.165) is 32.7 Å². The minimum Gasteiger partial charge on any atom is -0.493 e. The number of ether oxygens (including phenoxy) is 2. The topological polar surface area (TPSA) is 50.8 Å². The first-order valence-electron chi connectivity index (χ1n) is 10.1. The van der Waals surface area contributed by atoms with Crippen LogP contribution in [0.2, 0.25) is 0 Å². The van der Waals surface area contributed by atoms with Crippen LogP contribution in [0, 0.1) is 6.92 Å². The molecular weight excluding hydrogens is 352 g/mol. The van der Waals surface area contributed by atoms with Crippen LogP contribution < -0.4 is 10.1 Å². The fourth-order valence-electron chi connectivity index (χ4n) is 3.41. The molecule has 0 saturated carbocycles. The highest BCUT2D eigenvalue weighted by molar-refractivity contribution is 5.96. The largest absolute Gasteiger partial charge is 0.493 e. The summed E-state index contributed by atoms with van der Waals surface area (Å²) < 4.78 is 11.2. The van der Waals surface area contributed by atoms with Crippen LogP contribution in [0.5, 0.6) is 5.75 Å². The first-order chi connectivity index (χ1) is 13.7. The van der Waals surface area contributed by atoms with Gasteiger partial charge in [-0.25, -0.2) is 0 Å². The van der Waals surface area contributed by atoms with Crippen molar-refractivity contribution in [3.8, 4) is 5.75 Å². The van der Waals surface area contributed by atoms with Crippen LogP contribution >= 0.6 is 0 Å². The second kappa shape index (κ2) is 10.2. The standard InChI is InChI=1S/C23H30N2O3/c1-3-14-28-22-7-5-4-6-20(22)23(26)24-17-21(25-12-15-27-16-13-25)19-10-8-18(2)9-11-19/h4-11,21H,3,12-17H2,1-2H3,(H,24,26)/t21-/m0/s1. The fraction of sp³-hybridized carbons (Fsp3) is 0.435. The third kappa shape index (κ3) is 5.33. The second-order valence-electron chi connectivity index (χ2n) is 7.13. The van der Waals surface area contributed by atoms with Crippen molar-refractivity contribution in [2.24, 2.45) is 0 Å². The molecule has 1 N–H and O–H groups in total. The number of amides is 1. The maximum Gasteiger partial charge on any atom is 0.255 e. The summed E-state index contributed by atoms with van der Waals surface area (Å²) in [5, 5.41) is 3.12. The molecule has 3 rings (SSSR count). The summed E-state index contributed by atoms with van der Waals surface area (Å²) >= 11 is 0. The minimum atomic E-state index is -0.0999. The second-order valence-corrected chi connectivity index (χ2v) is 7.13. The predicted molar refractivity (Wildman–Crippen MR) is 111 cm³/mol. The minimum absolute atomic E-state index is 0.0999. The van der Waals surface area contributed by atoms with E-state index in [1.807, 2.05) is 24.3 Å². The Morgan fingerprint density at radius 1 is 1.14 bits per heavy atom. The number of nitrogens with one attached hydrogen (secondary N) is 1. The van der Waals surface area contributed by atoms with Crippen molar-refractivity contribution in [3.05, 3.63) is 65.2 Å². The maximum atomic E-state index is 12.9. The van der Waals surface area contributed by atoms with E-state index in [9.17, 15) is 4.79 Å². The normalized spacial score (nSPS) is 15.8. The number of nitrogens with zero attached hydrogens (tertiary/aromatic N) is 1. The molecule has 1 heterocycles. The zero-order chi connectivity index (χ0) is 19.8. The lowest BCUT2D eigenvalue weighted by molar-refractivity contribution is 0.0162. The summed E-state index contributed by atoms with van der Waals surface area (Å²) in [6, 6.07) is 16.1. The molecule has 1 aliphatic heterocycles. The number of rotatable bonds is 8. The number of hydrogen-bond donors (Lipinski definition) is 1. The summed E-state index contributed by atoms with van der Waals surface area (Å²) in [5.74, 6) is 0.539. The number of morpholine rings is 1. The molecule has 5 nitrogen and oxygen atoms in total. The van der Waals surface area contributed by atoms with Crippen LogP contribution in [0.1, 0.15) is 40.9 Å². The third-order valence-electron chi connectivity index (χ3n) is 5.00. The molecule has 0 bridgehead atoms. The van der Waals surface area contributed by atoms with E-state index in [0.29, 0.717) is 24.5 Å². The van der Waals surface area contributed by atoms with Crippen molar-refractivity contribution in [1.82, 2.24) is 10.2 Å². The number of hydrogen-bond acceptors (Lipinski definition) is 4. The lowest BCUT2D eigenvalue weighted by Gasteiger charge is -2.35. The van der Waals surface area contributed by atoms with E-state index < -0.39 is 0 Å². The van der Waals surface area contributed by atoms with Crippen molar-refractivity contribution in [2.75, 3.05) is 39.5 Å². The van der Waals surface area contributed by atoms with Gasteiger partial charge in [0.1, 0.15) is 5.75 Å². The van der Waals surface area contributed by atoms with Crippen LogP contribution in [0.25, 0.3) is 0 Å². The van der Waals surface area contributed by atoms with Gasteiger partial charge in [-0.1, -0.05) is 48.9 Å². The van der Waals surface area contributed by atoms with Crippen LogP contribution in [0.15, 0.2) is 48.5 Å². The molecule has 1 atom stereocenters. The average molecular weight is 383 g/mol. The van der Waals surface area contributed by atoms with E-state index in [4.69, 9.17) is 9.47 Å². The SMILES string of the molecule is CCCOc1ccccc1C(=O)NC[C@@H](c1ccc(C)cc1)N1CCOCC1. The van der Waals surface area contributed by atoms with Gasteiger partial charge in [0.2, 0.25) is 0 Å². The molecular formula is C23H30N2O3. The van der Waals surface area contributed by atoms with Crippen LogP contribution in [0.4, 0.5) is 0 Å². The van der Waals surface area contributed by atoms with E-state index in [-0.39, 0.29) is 11.9 Å². The van der Waals surface area contributed by atoms with Crippen LogP contribution in [0.3, 0.4) is 0 Å². The molecule has 1 amide bonds. The Hall–Kier alpha value is -2.37. The highest BCUT2D eigenvalue weighted by Gasteiger charge is 2.24. The van der Waals surface area contributed by atoms with Gasteiger partial charge in [0.05, 0.1) is 31.4 Å². The van der Waals surface area contributed by atoms with Crippen molar-refractivity contribution in [3.63, 3.8) is 0 Å². The summed E-state index contributed by atoms with van der Waals surface area (Å²) in [6.45, 7) is 8.47. The summed E-state index contributed by atoms with van der Waals surface area (Å²) in [5.41, 5.74) is 3.03. The highest BCUT2D eigenvalue weighted by atomic mass is 16.5.